The predicted molar refractivity (Wildman–Crippen MR) is 98.4 cm³/mol. The Balaban J connectivity index is 2.19. The lowest BCUT2D eigenvalue weighted by atomic mass is 9.99. The van der Waals surface area contributed by atoms with Gasteiger partial charge in [0.15, 0.2) is 0 Å². The molecule has 4 nitrogen and oxygen atoms in total. The second-order valence-corrected chi connectivity index (χ2v) is 6.50. The van der Waals surface area contributed by atoms with Gasteiger partial charge in [0.1, 0.15) is 6.04 Å². The minimum Gasteiger partial charge on any atom is -0.480 e. The molecule has 0 unspecified atom stereocenters. The van der Waals surface area contributed by atoms with Crippen molar-refractivity contribution in [2.75, 3.05) is 11.5 Å². The molecule has 0 saturated carbocycles. The van der Waals surface area contributed by atoms with Crippen LogP contribution in [0, 0.1) is 0 Å². The van der Waals surface area contributed by atoms with Crippen LogP contribution in [0.15, 0.2) is 54.6 Å². The highest BCUT2D eigenvalue weighted by atomic mass is 32.2. The zero-order chi connectivity index (χ0) is 17.4. The van der Waals surface area contributed by atoms with Crippen molar-refractivity contribution < 1.29 is 14.7 Å². The van der Waals surface area contributed by atoms with Gasteiger partial charge in [-0.2, -0.15) is 11.8 Å². The minimum absolute atomic E-state index is 0.362. The maximum Gasteiger partial charge on any atom is 0.327 e. The van der Waals surface area contributed by atoms with E-state index in [-0.39, 0.29) is 5.91 Å². The van der Waals surface area contributed by atoms with Gasteiger partial charge in [0.25, 0.3) is 5.91 Å². The molecule has 1 amide bonds. The largest absolute Gasteiger partial charge is 0.480 e. The number of hydrogen-bond acceptors (Lipinski definition) is 3. The SMILES string of the molecule is CCCSC[C@H](NC(=O)c1ccccc1-c1ccccc1)C(=O)O. The highest BCUT2D eigenvalue weighted by Gasteiger charge is 2.22. The molecule has 0 aliphatic rings. The van der Waals surface area contributed by atoms with Crippen LogP contribution in [0.3, 0.4) is 0 Å². The van der Waals surface area contributed by atoms with Crippen molar-refractivity contribution in [1.82, 2.24) is 5.32 Å². The van der Waals surface area contributed by atoms with Gasteiger partial charge in [-0.15, -0.1) is 0 Å². The van der Waals surface area contributed by atoms with Crippen molar-refractivity contribution in [2.24, 2.45) is 0 Å². The first-order valence-corrected chi connectivity index (χ1v) is 9.04. The second kappa shape index (κ2) is 9.13. The number of carbonyl (C=O) groups is 2. The van der Waals surface area contributed by atoms with Crippen molar-refractivity contribution in [3.63, 3.8) is 0 Å². The third kappa shape index (κ3) is 4.86. The third-order valence-corrected chi connectivity index (χ3v) is 4.76. The van der Waals surface area contributed by atoms with E-state index in [4.69, 9.17) is 0 Å². The molecule has 5 heteroatoms. The van der Waals surface area contributed by atoms with Crippen LogP contribution >= 0.6 is 11.8 Å². The monoisotopic (exact) mass is 343 g/mol. The Labute approximate surface area is 146 Å². The number of thioether (sulfide) groups is 1. The van der Waals surface area contributed by atoms with E-state index in [2.05, 4.69) is 5.32 Å². The van der Waals surface area contributed by atoms with Crippen LogP contribution in [0.5, 0.6) is 0 Å². The van der Waals surface area contributed by atoms with Crippen LogP contribution in [0.2, 0.25) is 0 Å². The van der Waals surface area contributed by atoms with Crippen LogP contribution in [0.1, 0.15) is 23.7 Å². The Morgan fingerprint density at radius 3 is 2.42 bits per heavy atom. The Hall–Kier alpha value is -2.27. The lowest BCUT2D eigenvalue weighted by Crippen LogP contribution is -2.42. The van der Waals surface area contributed by atoms with Gasteiger partial charge < -0.3 is 10.4 Å². The van der Waals surface area contributed by atoms with E-state index in [1.54, 1.807) is 12.1 Å². The number of nitrogens with one attached hydrogen (secondary N) is 1. The van der Waals surface area contributed by atoms with Crippen LogP contribution in [0.25, 0.3) is 11.1 Å². The number of aliphatic carboxylic acids is 1. The van der Waals surface area contributed by atoms with E-state index in [1.165, 1.54) is 11.8 Å². The zero-order valence-electron chi connectivity index (χ0n) is 13.6. The van der Waals surface area contributed by atoms with Crippen molar-refractivity contribution in [3.05, 3.63) is 60.2 Å². The van der Waals surface area contributed by atoms with E-state index in [9.17, 15) is 14.7 Å². The third-order valence-electron chi connectivity index (χ3n) is 3.49. The summed E-state index contributed by atoms with van der Waals surface area (Å²) in [4.78, 5) is 24.0. The molecule has 0 saturated heterocycles. The van der Waals surface area contributed by atoms with Crippen LogP contribution in [-0.2, 0) is 4.79 Å². The van der Waals surface area contributed by atoms with Crippen molar-refractivity contribution in [2.45, 2.75) is 19.4 Å². The fourth-order valence-electron chi connectivity index (χ4n) is 2.31. The van der Waals surface area contributed by atoms with Gasteiger partial charge in [-0.3, -0.25) is 4.79 Å². The highest BCUT2D eigenvalue weighted by molar-refractivity contribution is 7.99. The number of amides is 1. The maximum absolute atomic E-state index is 12.6. The fraction of sp³-hybridized carbons (Fsp3) is 0.263. The Bertz CT molecular complexity index is 688. The molecule has 0 aliphatic carbocycles. The van der Waals surface area contributed by atoms with Gasteiger partial charge in [-0.05, 0) is 29.4 Å². The lowest BCUT2D eigenvalue weighted by Gasteiger charge is -2.16. The summed E-state index contributed by atoms with van der Waals surface area (Å²) in [7, 11) is 0. The van der Waals surface area contributed by atoms with E-state index in [0.717, 1.165) is 23.3 Å². The fourth-order valence-corrected chi connectivity index (χ4v) is 3.22. The van der Waals surface area contributed by atoms with Gasteiger partial charge in [-0.1, -0.05) is 55.5 Å². The number of carboxylic acid groups (broad SMARTS) is 1. The first-order chi connectivity index (χ1) is 11.6. The lowest BCUT2D eigenvalue weighted by molar-refractivity contribution is -0.138. The number of benzene rings is 2. The quantitative estimate of drug-likeness (QED) is 0.718. The van der Waals surface area contributed by atoms with E-state index in [1.807, 2.05) is 49.4 Å². The molecule has 0 heterocycles. The molecular formula is C19H21NO3S. The van der Waals surface area contributed by atoms with E-state index >= 15 is 0 Å². The van der Waals surface area contributed by atoms with Crippen molar-refractivity contribution in [1.29, 1.82) is 0 Å². The van der Waals surface area contributed by atoms with Gasteiger partial charge in [-0.25, -0.2) is 4.79 Å². The van der Waals surface area contributed by atoms with Crippen LogP contribution in [0.4, 0.5) is 0 Å². The second-order valence-electron chi connectivity index (χ2n) is 5.35. The molecule has 0 aromatic heterocycles. The summed E-state index contributed by atoms with van der Waals surface area (Å²) in [5.41, 5.74) is 2.20. The summed E-state index contributed by atoms with van der Waals surface area (Å²) in [5, 5.41) is 12.0. The highest BCUT2D eigenvalue weighted by Crippen LogP contribution is 2.23. The van der Waals surface area contributed by atoms with E-state index in [0.29, 0.717) is 11.3 Å². The summed E-state index contributed by atoms with van der Waals surface area (Å²) >= 11 is 1.53. The van der Waals surface area contributed by atoms with Gasteiger partial charge >= 0.3 is 5.97 Å². The van der Waals surface area contributed by atoms with E-state index < -0.39 is 12.0 Å². The topological polar surface area (TPSA) is 66.4 Å². The molecule has 0 radical (unpaired) electrons. The van der Waals surface area contributed by atoms with Crippen molar-refractivity contribution >= 4 is 23.6 Å². The molecule has 1 atom stereocenters. The zero-order valence-corrected chi connectivity index (χ0v) is 14.4. The molecule has 24 heavy (non-hydrogen) atoms. The minimum atomic E-state index is -1.01. The van der Waals surface area contributed by atoms with Gasteiger partial charge in [0.2, 0.25) is 0 Å². The molecule has 0 fully saturated rings. The van der Waals surface area contributed by atoms with Crippen LogP contribution in [-0.4, -0.2) is 34.5 Å². The standard InChI is InChI=1S/C19H21NO3S/c1-2-12-24-13-17(19(22)23)20-18(21)16-11-7-6-10-15(16)14-8-4-3-5-9-14/h3-11,17H,2,12-13H2,1H3,(H,20,21)(H,22,23)/t17-/m0/s1. The molecule has 0 bridgehead atoms. The Morgan fingerprint density at radius 2 is 1.75 bits per heavy atom. The molecule has 126 valence electrons. The molecule has 2 rings (SSSR count). The Kier molecular flexibility index (Phi) is 6.88. The van der Waals surface area contributed by atoms with Gasteiger partial charge in [0.05, 0.1) is 0 Å². The molecule has 0 aliphatic heterocycles. The Morgan fingerprint density at radius 1 is 1.08 bits per heavy atom. The van der Waals surface area contributed by atoms with Crippen LogP contribution < -0.4 is 5.32 Å². The number of hydrogen-bond donors (Lipinski definition) is 2. The number of rotatable bonds is 8. The average Bonchev–Trinajstić information content (AvgIpc) is 2.61. The summed E-state index contributed by atoms with van der Waals surface area (Å²) < 4.78 is 0. The molecule has 2 aromatic rings. The summed E-state index contributed by atoms with van der Waals surface area (Å²) in [5.74, 6) is -0.133. The number of carboxylic acids is 1. The normalized spacial score (nSPS) is 11.7. The maximum atomic E-state index is 12.6. The first kappa shape index (κ1) is 18.1. The molecule has 0 spiro atoms. The summed E-state index contributed by atoms with van der Waals surface area (Å²) in [6, 6.07) is 15.9. The predicted octanol–water partition coefficient (Wildman–Crippen LogP) is 3.68. The first-order valence-electron chi connectivity index (χ1n) is 7.89. The summed E-state index contributed by atoms with van der Waals surface area (Å²) in [6.07, 6.45) is 0.974. The average molecular weight is 343 g/mol. The summed E-state index contributed by atoms with van der Waals surface area (Å²) in [6.45, 7) is 2.04. The molecule has 2 N–H and O–H groups in total. The molecule has 2 aromatic carbocycles. The smallest absolute Gasteiger partial charge is 0.327 e. The van der Waals surface area contributed by atoms with Gasteiger partial charge in [0, 0.05) is 11.3 Å². The number of carbonyl (C=O) groups excluding carboxylic acids is 1. The molecular weight excluding hydrogens is 322 g/mol. The van der Waals surface area contributed by atoms with Crippen molar-refractivity contribution in [3.8, 4) is 11.1 Å².